The summed E-state index contributed by atoms with van der Waals surface area (Å²) in [5, 5.41) is 2.77. The third kappa shape index (κ3) is 4.54. The molecule has 4 nitrogen and oxygen atoms in total. The van der Waals surface area contributed by atoms with Gasteiger partial charge >= 0.3 is 0 Å². The van der Waals surface area contributed by atoms with E-state index < -0.39 is 0 Å². The van der Waals surface area contributed by atoms with Gasteiger partial charge in [0.05, 0.1) is 11.3 Å². The first kappa shape index (κ1) is 16.5. The van der Waals surface area contributed by atoms with E-state index >= 15 is 0 Å². The fraction of sp³-hybridized carbons (Fsp3) is 0.158. The zero-order chi connectivity index (χ0) is 16.7. The summed E-state index contributed by atoms with van der Waals surface area (Å²) in [6.07, 6.45) is 3.41. The topological polar surface area (TPSA) is 44.7 Å². The van der Waals surface area contributed by atoms with Crippen molar-refractivity contribution in [1.29, 1.82) is 0 Å². The molecule has 0 bridgehead atoms. The molecule has 0 saturated carbocycles. The van der Waals surface area contributed by atoms with Gasteiger partial charge in [-0.15, -0.1) is 6.58 Å². The van der Waals surface area contributed by atoms with Crippen LogP contribution in [-0.2, 0) is 0 Å². The van der Waals surface area contributed by atoms with E-state index in [1.807, 2.05) is 61.5 Å². The van der Waals surface area contributed by atoms with Crippen molar-refractivity contribution in [2.75, 3.05) is 25.5 Å². The van der Waals surface area contributed by atoms with E-state index in [1.165, 1.54) is 0 Å². The van der Waals surface area contributed by atoms with Crippen LogP contribution < -0.4 is 10.2 Å². The van der Waals surface area contributed by atoms with Crippen molar-refractivity contribution in [2.45, 2.75) is 0 Å². The lowest BCUT2D eigenvalue weighted by Gasteiger charge is -2.11. The molecule has 2 rings (SSSR count). The molecule has 0 aliphatic rings. The number of hydrogen-bond donors (Lipinski definition) is 1. The van der Waals surface area contributed by atoms with Gasteiger partial charge in [0.1, 0.15) is 0 Å². The SMILES string of the molecule is C=CCNC(=O)c1ccccc1N=Cc1ccc(N(C)C)cc1. The fourth-order valence-corrected chi connectivity index (χ4v) is 2.04. The van der Waals surface area contributed by atoms with E-state index in [2.05, 4.69) is 16.9 Å². The summed E-state index contributed by atoms with van der Waals surface area (Å²) < 4.78 is 0. The second kappa shape index (κ2) is 7.94. The predicted molar refractivity (Wildman–Crippen MR) is 97.0 cm³/mol. The second-order valence-electron chi connectivity index (χ2n) is 5.26. The third-order valence-corrected chi connectivity index (χ3v) is 3.32. The number of carbonyl (C=O) groups excluding carboxylic acids is 1. The molecule has 1 amide bonds. The van der Waals surface area contributed by atoms with Crippen molar-refractivity contribution in [3.05, 3.63) is 72.3 Å². The Labute approximate surface area is 137 Å². The molecule has 0 aliphatic carbocycles. The maximum atomic E-state index is 12.1. The number of benzene rings is 2. The fourth-order valence-electron chi connectivity index (χ4n) is 2.04. The smallest absolute Gasteiger partial charge is 0.253 e. The van der Waals surface area contributed by atoms with Gasteiger partial charge in [-0.05, 0) is 29.8 Å². The lowest BCUT2D eigenvalue weighted by Crippen LogP contribution is -2.23. The summed E-state index contributed by atoms with van der Waals surface area (Å²) >= 11 is 0. The molecule has 4 heteroatoms. The largest absolute Gasteiger partial charge is 0.378 e. The van der Waals surface area contributed by atoms with Gasteiger partial charge in [-0.1, -0.05) is 30.3 Å². The van der Waals surface area contributed by atoms with Crippen LogP contribution in [-0.4, -0.2) is 32.8 Å². The van der Waals surface area contributed by atoms with E-state index in [9.17, 15) is 4.79 Å². The van der Waals surface area contributed by atoms with Crippen molar-refractivity contribution in [1.82, 2.24) is 5.32 Å². The maximum Gasteiger partial charge on any atom is 0.253 e. The Hall–Kier alpha value is -2.88. The molecule has 0 radical (unpaired) electrons. The number of carbonyl (C=O) groups is 1. The highest BCUT2D eigenvalue weighted by molar-refractivity contribution is 6.00. The number of amides is 1. The highest BCUT2D eigenvalue weighted by atomic mass is 16.1. The van der Waals surface area contributed by atoms with E-state index in [4.69, 9.17) is 0 Å². The summed E-state index contributed by atoms with van der Waals surface area (Å²) in [6, 6.07) is 15.3. The molecular formula is C19H21N3O. The van der Waals surface area contributed by atoms with Crippen LogP contribution in [0.2, 0.25) is 0 Å². The highest BCUT2D eigenvalue weighted by Crippen LogP contribution is 2.19. The van der Waals surface area contributed by atoms with Crippen LogP contribution in [0, 0.1) is 0 Å². The van der Waals surface area contributed by atoms with Crippen molar-refractivity contribution < 1.29 is 4.79 Å². The molecule has 0 aromatic heterocycles. The number of rotatable bonds is 6. The Balaban J connectivity index is 2.19. The molecule has 0 atom stereocenters. The van der Waals surface area contributed by atoms with Crippen LogP contribution in [0.15, 0.2) is 66.2 Å². The highest BCUT2D eigenvalue weighted by Gasteiger charge is 2.08. The minimum Gasteiger partial charge on any atom is -0.378 e. The van der Waals surface area contributed by atoms with Crippen LogP contribution >= 0.6 is 0 Å². The summed E-state index contributed by atoms with van der Waals surface area (Å²) in [6.45, 7) is 4.03. The number of nitrogens with zero attached hydrogens (tertiary/aromatic N) is 2. The lowest BCUT2D eigenvalue weighted by atomic mass is 10.1. The van der Waals surface area contributed by atoms with Crippen LogP contribution in [0.1, 0.15) is 15.9 Å². The van der Waals surface area contributed by atoms with Crippen LogP contribution in [0.25, 0.3) is 0 Å². The minimum atomic E-state index is -0.152. The van der Waals surface area contributed by atoms with Gasteiger partial charge < -0.3 is 10.2 Å². The summed E-state index contributed by atoms with van der Waals surface area (Å²) in [5.74, 6) is -0.152. The van der Waals surface area contributed by atoms with Gasteiger partial charge in [-0.25, -0.2) is 0 Å². The molecule has 0 unspecified atom stereocenters. The zero-order valence-corrected chi connectivity index (χ0v) is 13.5. The van der Waals surface area contributed by atoms with Crippen molar-refractivity contribution >= 4 is 23.5 Å². The van der Waals surface area contributed by atoms with Gasteiger partial charge in [0, 0.05) is 32.5 Å². The van der Waals surface area contributed by atoms with Gasteiger partial charge in [-0.2, -0.15) is 0 Å². The Bertz CT molecular complexity index is 703. The number of para-hydroxylation sites is 1. The van der Waals surface area contributed by atoms with Crippen molar-refractivity contribution in [3.63, 3.8) is 0 Å². The summed E-state index contributed by atoms with van der Waals surface area (Å²) in [7, 11) is 4.00. The second-order valence-corrected chi connectivity index (χ2v) is 5.26. The van der Waals surface area contributed by atoms with Gasteiger partial charge in [0.25, 0.3) is 5.91 Å². The van der Waals surface area contributed by atoms with Crippen LogP contribution in [0.4, 0.5) is 11.4 Å². The number of hydrogen-bond acceptors (Lipinski definition) is 3. The molecule has 23 heavy (non-hydrogen) atoms. The first-order valence-corrected chi connectivity index (χ1v) is 7.41. The van der Waals surface area contributed by atoms with Gasteiger partial charge in [-0.3, -0.25) is 9.79 Å². The summed E-state index contributed by atoms with van der Waals surface area (Å²) in [4.78, 5) is 18.6. The molecule has 0 spiro atoms. The molecule has 1 N–H and O–H groups in total. The predicted octanol–water partition coefficient (Wildman–Crippen LogP) is 3.42. The third-order valence-electron chi connectivity index (χ3n) is 3.32. The quantitative estimate of drug-likeness (QED) is 0.656. The van der Waals surface area contributed by atoms with Gasteiger partial charge in [0.15, 0.2) is 0 Å². The molecule has 0 heterocycles. The minimum absolute atomic E-state index is 0.152. The first-order chi connectivity index (χ1) is 11.1. The van der Waals surface area contributed by atoms with Crippen LogP contribution in [0.5, 0.6) is 0 Å². The Kier molecular flexibility index (Phi) is 5.69. The van der Waals surface area contributed by atoms with E-state index in [0.29, 0.717) is 17.8 Å². The number of nitrogens with one attached hydrogen (secondary N) is 1. The maximum absolute atomic E-state index is 12.1. The van der Waals surface area contributed by atoms with Crippen molar-refractivity contribution in [3.8, 4) is 0 Å². The Morgan fingerprint density at radius 1 is 1.17 bits per heavy atom. The monoisotopic (exact) mass is 307 g/mol. The standard InChI is InChI=1S/C19H21N3O/c1-4-13-20-19(23)17-7-5-6-8-18(17)21-14-15-9-11-16(12-10-15)22(2)3/h4-12,14H,1,13H2,2-3H3,(H,20,23). The van der Waals surface area contributed by atoms with Crippen LogP contribution in [0.3, 0.4) is 0 Å². The molecule has 0 fully saturated rings. The molecule has 0 aliphatic heterocycles. The Morgan fingerprint density at radius 3 is 2.52 bits per heavy atom. The van der Waals surface area contributed by atoms with Gasteiger partial charge in [0.2, 0.25) is 0 Å². The van der Waals surface area contributed by atoms with Crippen molar-refractivity contribution in [2.24, 2.45) is 4.99 Å². The number of aliphatic imine (C=N–C) groups is 1. The lowest BCUT2D eigenvalue weighted by molar-refractivity contribution is 0.0958. The molecule has 2 aromatic carbocycles. The molecule has 0 saturated heterocycles. The van der Waals surface area contributed by atoms with E-state index in [0.717, 1.165) is 11.3 Å². The Morgan fingerprint density at radius 2 is 1.87 bits per heavy atom. The normalized spacial score (nSPS) is 10.5. The first-order valence-electron chi connectivity index (χ1n) is 7.41. The number of anilines is 1. The van der Waals surface area contributed by atoms with E-state index in [1.54, 1.807) is 18.4 Å². The average molecular weight is 307 g/mol. The average Bonchev–Trinajstić information content (AvgIpc) is 2.58. The molecule has 2 aromatic rings. The zero-order valence-electron chi connectivity index (χ0n) is 13.5. The van der Waals surface area contributed by atoms with E-state index in [-0.39, 0.29) is 5.91 Å². The molecule has 118 valence electrons. The molecular weight excluding hydrogens is 286 g/mol. The summed E-state index contributed by atoms with van der Waals surface area (Å²) in [5.41, 5.74) is 3.31.